The number of rotatable bonds is 2. The van der Waals surface area contributed by atoms with E-state index in [1.54, 1.807) is 23.1 Å². The minimum absolute atomic E-state index is 0.113. The normalized spacial score (nSPS) is 16.8. The molecule has 0 N–H and O–H groups in total. The molecule has 3 aromatic heterocycles. The van der Waals surface area contributed by atoms with Gasteiger partial charge in [0, 0.05) is 37.8 Å². The van der Waals surface area contributed by atoms with E-state index >= 15 is 0 Å². The molecule has 3 aromatic rings. The van der Waals surface area contributed by atoms with Crippen molar-refractivity contribution in [1.82, 2.24) is 24.5 Å². The number of halogens is 1. The molecule has 2 aliphatic heterocycles. The fourth-order valence-electron chi connectivity index (χ4n) is 3.87. The molecule has 0 spiro atoms. The van der Waals surface area contributed by atoms with Gasteiger partial charge in [0.1, 0.15) is 16.7 Å². The highest BCUT2D eigenvalue weighted by atomic mass is 35.5. The molecule has 1 amide bonds. The van der Waals surface area contributed by atoms with E-state index in [1.807, 2.05) is 16.8 Å². The number of fused-ring (bicyclic) bond motifs is 3. The van der Waals surface area contributed by atoms with Gasteiger partial charge < -0.3 is 9.80 Å². The lowest BCUT2D eigenvalue weighted by Crippen LogP contribution is -2.36. The highest BCUT2D eigenvalue weighted by Gasteiger charge is 2.27. The Bertz CT molecular complexity index is 1030. The Morgan fingerprint density at radius 2 is 1.93 bits per heavy atom. The van der Waals surface area contributed by atoms with E-state index in [4.69, 9.17) is 16.6 Å². The van der Waals surface area contributed by atoms with Crippen molar-refractivity contribution in [3.63, 3.8) is 0 Å². The van der Waals surface area contributed by atoms with Gasteiger partial charge in [0.05, 0.1) is 12.2 Å². The third-order valence-corrected chi connectivity index (χ3v) is 5.48. The van der Waals surface area contributed by atoms with Gasteiger partial charge >= 0.3 is 0 Å². The van der Waals surface area contributed by atoms with Crippen molar-refractivity contribution in [2.75, 3.05) is 24.5 Å². The second kappa shape index (κ2) is 6.49. The number of carbonyl (C=O) groups is 1. The molecule has 1 fully saturated rings. The summed E-state index contributed by atoms with van der Waals surface area (Å²) in [5, 5.41) is 4.99. The number of anilines is 1. The van der Waals surface area contributed by atoms with Crippen LogP contribution in [0.2, 0.25) is 5.15 Å². The third kappa shape index (κ3) is 2.92. The van der Waals surface area contributed by atoms with E-state index in [9.17, 15) is 4.79 Å². The molecule has 0 aromatic carbocycles. The summed E-state index contributed by atoms with van der Waals surface area (Å²) < 4.78 is 1.83. The lowest BCUT2D eigenvalue weighted by molar-refractivity contribution is 0.0729. The van der Waals surface area contributed by atoms with Crippen molar-refractivity contribution in [3.05, 3.63) is 52.6 Å². The van der Waals surface area contributed by atoms with Crippen LogP contribution in [0.5, 0.6) is 0 Å². The summed E-state index contributed by atoms with van der Waals surface area (Å²) in [6.07, 6.45) is 5.10. The second-order valence-electron chi connectivity index (χ2n) is 7.00. The topological polar surface area (TPSA) is 66.6 Å². The summed E-state index contributed by atoms with van der Waals surface area (Å²) >= 11 is 5.94. The molecular weight excluding hydrogens is 364 g/mol. The predicted octanol–water partition coefficient (Wildman–Crippen LogP) is 2.58. The van der Waals surface area contributed by atoms with E-state index in [2.05, 4.69) is 15.0 Å². The molecule has 7 nitrogen and oxygen atoms in total. The number of hydrogen-bond donors (Lipinski definition) is 0. The smallest absolute Gasteiger partial charge is 0.272 e. The average molecular weight is 383 g/mol. The Hall–Kier alpha value is -2.67. The van der Waals surface area contributed by atoms with Crippen LogP contribution >= 0.6 is 11.6 Å². The summed E-state index contributed by atoms with van der Waals surface area (Å²) in [5.41, 5.74) is 3.25. The molecule has 1 saturated heterocycles. The zero-order chi connectivity index (χ0) is 18.4. The molecule has 138 valence electrons. The largest absolute Gasteiger partial charge is 0.357 e. The first-order valence-corrected chi connectivity index (χ1v) is 9.61. The standard InChI is InChI=1S/C19H19ClN6O/c20-16-5-3-4-15(21-16)19(27)25-10-6-14-13(12-25)18-22-17(7-11-26(18)23-14)24-8-1-2-9-24/h3-5,7,11H,1-2,6,8-10,12H2. The quantitative estimate of drug-likeness (QED) is 0.637. The summed E-state index contributed by atoms with van der Waals surface area (Å²) in [6.45, 7) is 3.19. The van der Waals surface area contributed by atoms with Crippen LogP contribution in [-0.2, 0) is 13.0 Å². The van der Waals surface area contributed by atoms with Crippen LogP contribution < -0.4 is 4.90 Å². The van der Waals surface area contributed by atoms with E-state index in [0.717, 1.165) is 35.8 Å². The third-order valence-electron chi connectivity index (χ3n) is 5.27. The molecule has 0 saturated carbocycles. The highest BCUT2D eigenvalue weighted by molar-refractivity contribution is 6.29. The van der Waals surface area contributed by atoms with Crippen LogP contribution in [0.4, 0.5) is 5.82 Å². The van der Waals surface area contributed by atoms with Gasteiger partial charge in [0.2, 0.25) is 0 Å². The summed E-state index contributed by atoms with van der Waals surface area (Å²) in [6, 6.07) is 7.14. The van der Waals surface area contributed by atoms with Gasteiger partial charge in [-0.2, -0.15) is 5.10 Å². The van der Waals surface area contributed by atoms with Gasteiger partial charge in [-0.15, -0.1) is 0 Å². The summed E-state index contributed by atoms with van der Waals surface area (Å²) in [4.78, 5) is 26.0. The van der Waals surface area contributed by atoms with E-state index in [0.29, 0.717) is 30.4 Å². The van der Waals surface area contributed by atoms with Crippen molar-refractivity contribution in [2.45, 2.75) is 25.8 Å². The van der Waals surface area contributed by atoms with Crippen molar-refractivity contribution in [1.29, 1.82) is 0 Å². The minimum Gasteiger partial charge on any atom is -0.357 e. The zero-order valence-corrected chi connectivity index (χ0v) is 15.6. The molecule has 8 heteroatoms. The maximum absolute atomic E-state index is 12.8. The van der Waals surface area contributed by atoms with Gasteiger partial charge in [-0.25, -0.2) is 14.5 Å². The van der Waals surface area contributed by atoms with E-state index < -0.39 is 0 Å². The molecular formula is C19H19ClN6O. The number of hydrogen-bond acceptors (Lipinski definition) is 5. The van der Waals surface area contributed by atoms with Crippen LogP contribution in [0.1, 0.15) is 34.6 Å². The van der Waals surface area contributed by atoms with Gasteiger partial charge in [-0.1, -0.05) is 17.7 Å². The number of amides is 1. The Labute approximate surface area is 161 Å². The molecule has 2 aliphatic rings. The first kappa shape index (κ1) is 16.5. The van der Waals surface area contributed by atoms with Gasteiger partial charge in [0.15, 0.2) is 5.65 Å². The number of carbonyl (C=O) groups excluding carboxylic acids is 1. The van der Waals surface area contributed by atoms with Crippen LogP contribution in [0.15, 0.2) is 30.5 Å². The second-order valence-corrected chi connectivity index (χ2v) is 7.38. The summed E-state index contributed by atoms with van der Waals surface area (Å²) in [7, 11) is 0. The lowest BCUT2D eigenvalue weighted by Gasteiger charge is -2.26. The Kier molecular flexibility index (Phi) is 3.97. The van der Waals surface area contributed by atoms with Crippen LogP contribution in [0.3, 0.4) is 0 Å². The van der Waals surface area contributed by atoms with Crippen molar-refractivity contribution in [3.8, 4) is 0 Å². The predicted molar refractivity (Wildman–Crippen MR) is 102 cm³/mol. The van der Waals surface area contributed by atoms with Crippen molar-refractivity contribution in [2.24, 2.45) is 0 Å². The zero-order valence-electron chi connectivity index (χ0n) is 14.8. The first-order valence-electron chi connectivity index (χ1n) is 9.23. The van der Waals surface area contributed by atoms with Gasteiger partial charge in [-0.05, 0) is 31.0 Å². The lowest BCUT2D eigenvalue weighted by atomic mass is 10.1. The Morgan fingerprint density at radius 1 is 1.07 bits per heavy atom. The molecule has 0 atom stereocenters. The minimum atomic E-state index is -0.113. The van der Waals surface area contributed by atoms with Gasteiger partial charge in [-0.3, -0.25) is 4.79 Å². The molecule has 0 bridgehead atoms. The van der Waals surface area contributed by atoms with Crippen molar-refractivity contribution < 1.29 is 4.79 Å². The summed E-state index contributed by atoms with van der Waals surface area (Å²) in [5.74, 6) is 0.876. The molecule has 0 unspecified atom stereocenters. The Morgan fingerprint density at radius 3 is 2.74 bits per heavy atom. The first-order chi connectivity index (χ1) is 13.2. The van der Waals surface area contributed by atoms with Crippen LogP contribution in [-0.4, -0.2) is 50.0 Å². The molecule has 0 aliphatic carbocycles. The van der Waals surface area contributed by atoms with Crippen LogP contribution in [0.25, 0.3) is 5.65 Å². The molecule has 5 heterocycles. The van der Waals surface area contributed by atoms with Crippen LogP contribution in [0, 0.1) is 0 Å². The monoisotopic (exact) mass is 382 g/mol. The van der Waals surface area contributed by atoms with E-state index in [1.165, 1.54) is 12.8 Å². The van der Waals surface area contributed by atoms with Crippen molar-refractivity contribution >= 4 is 29.0 Å². The molecule has 5 rings (SSSR count). The number of nitrogens with zero attached hydrogens (tertiary/aromatic N) is 6. The highest BCUT2D eigenvalue weighted by Crippen LogP contribution is 2.26. The fourth-order valence-corrected chi connectivity index (χ4v) is 4.03. The molecule has 0 radical (unpaired) electrons. The number of pyridine rings is 1. The molecule has 27 heavy (non-hydrogen) atoms. The number of aromatic nitrogens is 4. The fraction of sp³-hybridized carbons (Fsp3) is 0.368. The van der Waals surface area contributed by atoms with Gasteiger partial charge in [0.25, 0.3) is 5.91 Å². The SMILES string of the molecule is O=C(c1cccc(Cl)n1)N1CCc2nn3ccc(N4CCCC4)nc3c2C1. The van der Waals surface area contributed by atoms with E-state index in [-0.39, 0.29) is 5.91 Å². The maximum atomic E-state index is 12.8. The maximum Gasteiger partial charge on any atom is 0.272 e. The Balaban J connectivity index is 1.47. The average Bonchev–Trinajstić information content (AvgIpc) is 3.34.